The lowest BCUT2D eigenvalue weighted by atomic mass is 10.0. The van der Waals surface area contributed by atoms with Crippen LogP contribution in [0.2, 0.25) is 0 Å². The van der Waals surface area contributed by atoms with Crippen molar-refractivity contribution in [2.75, 3.05) is 0 Å². The summed E-state index contributed by atoms with van der Waals surface area (Å²) in [5, 5.41) is 0. The van der Waals surface area contributed by atoms with Gasteiger partial charge in [-0.1, -0.05) is 18.2 Å². The molecule has 2 heterocycles. The van der Waals surface area contributed by atoms with Gasteiger partial charge in [0.05, 0.1) is 0 Å². The maximum Gasteiger partial charge on any atom is 0.210 e. The number of benzene rings is 1. The maximum absolute atomic E-state index is 2.20. The van der Waals surface area contributed by atoms with E-state index in [-0.39, 0.29) is 0 Å². The van der Waals surface area contributed by atoms with Gasteiger partial charge in [0.1, 0.15) is 7.05 Å². The molecule has 116 valence electrons. The average molecular weight is 312 g/mol. The van der Waals surface area contributed by atoms with Crippen molar-refractivity contribution in [2.45, 2.75) is 6.42 Å². The Kier molecular flexibility index (Phi) is 3.80. The van der Waals surface area contributed by atoms with Crippen molar-refractivity contribution in [3.05, 3.63) is 97.1 Å². The van der Waals surface area contributed by atoms with Crippen LogP contribution in [0, 0.1) is 0 Å². The Morgan fingerprint density at radius 3 is 1.92 bits per heavy atom. The molecule has 0 amide bonds. The number of hydrogen-bond donors (Lipinski definition) is 0. The van der Waals surface area contributed by atoms with Gasteiger partial charge < -0.3 is 0 Å². The fourth-order valence-corrected chi connectivity index (χ4v) is 2.99. The van der Waals surface area contributed by atoms with Gasteiger partial charge in [-0.25, -0.2) is 4.57 Å². The summed E-state index contributed by atoms with van der Waals surface area (Å²) in [6.45, 7) is 0. The summed E-state index contributed by atoms with van der Waals surface area (Å²) in [4.78, 5) is 0. The fraction of sp³-hybridized carbons (Fsp3) is 0.0909. The lowest BCUT2D eigenvalue weighted by molar-refractivity contribution is -0.671. The highest BCUT2D eigenvalue weighted by Crippen LogP contribution is 2.23. The first-order valence-electron chi connectivity index (χ1n) is 8.23. The second kappa shape index (κ2) is 6.25. The quantitative estimate of drug-likeness (QED) is 0.650. The van der Waals surface area contributed by atoms with E-state index in [0.29, 0.717) is 0 Å². The van der Waals surface area contributed by atoms with E-state index < -0.39 is 0 Å². The monoisotopic (exact) mass is 312 g/mol. The zero-order valence-corrected chi connectivity index (χ0v) is 13.8. The lowest BCUT2D eigenvalue weighted by Crippen LogP contribution is -2.29. The summed E-state index contributed by atoms with van der Waals surface area (Å²) in [7, 11) is 2.03. The van der Waals surface area contributed by atoms with Crippen LogP contribution >= 0.6 is 0 Å². The van der Waals surface area contributed by atoms with Crippen LogP contribution in [0.15, 0.2) is 91.5 Å². The standard InChI is InChI=1S/C22H20N2/c1-23-14-10-20(11-15-23)21-12-16-24(17-13-21)22-8-6-19(7-9-22)18-4-2-3-5-18/h2-4,6-17H,5H2,1H3/q+2. The Morgan fingerprint density at radius 2 is 1.33 bits per heavy atom. The first-order valence-corrected chi connectivity index (χ1v) is 8.23. The van der Waals surface area contributed by atoms with Crippen molar-refractivity contribution < 1.29 is 9.13 Å². The summed E-state index contributed by atoms with van der Waals surface area (Å²) >= 11 is 0. The molecule has 0 radical (unpaired) electrons. The van der Waals surface area contributed by atoms with Gasteiger partial charge in [-0.05, 0) is 40.8 Å². The number of aromatic nitrogens is 2. The number of nitrogens with zero attached hydrogens (tertiary/aromatic N) is 2. The first-order chi connectivity index (χ1) is 11.8. The van der Waals surface area contributed by atoms with E-state index in [1.54, 1.807) is 0 Å². The zero-order chi connectivity index (χ0) is 16.4. The Balaban J connectivity index is 1.57. The van der Waals surface area contributed by atoms with E-state index in [1.807, 2.05) is 11.6 Å². The van der Waals surface area contributed by atoms with Crippen LogP contribution < -0.4 is 9.13 Å². The van der Waals surface area contributed by atoms with Gasteiger partial charge in [-0.15, -0.1) is 0 Å². The van der Waals surface area contributed by atoms with Crippen molar-refractivity contribution >= 4 is 5.57 Å². The highest BCUT2D eigenvalue weighted by atomic mass is 14.9. The van der Waals surface area contributed by atoms with Crippen molar-refractivity contribution in [1.82, 2.24) is 0 Å². The van der Waals surface area contributed by atoms with Crippen LogP contribution in [0.3, 0.4) is 0 Å². The van der Waals surface area contributed by atoms with Gasteiger partial charge >= 0.3 is 0 Å². The molecule has 2 aromatic heterocycles. The Bertz CT molecular complexity index is 900. The molecule has 0 N–H and O–H groups in total. The predicted octanol–water partition coefficient (Wildman–Crippen LogP) is 3.80. The van der Waals surface area contributed by atoms with Gasteiger partial charge in [0.2, 0.25) is 5.69 Å². The third kappa shape index (κ3) is 2.91. The van der Waals surface area contributed by atoms with Crippen molar-refractivity contribution in [3.63, 3.8) is 0 Å². The van der Waals surface area contributed by atoms with Crippen LogP contribution in [0.1, 0.15) is 12.0 Å². The second-order valence-electron chi connectivity index (χ2n) is 6.12. The van der Waals surface area contributed by atoms with E-state index in [4.69, 9.17) is 0 Å². The largest absolute Gasteiger partial charge is 0.210 e. The van der Waals surface area contributed by atoms with Gasteiger partial charge in [-0.2, -0.15) is 4.57 Å². The van der Waals surface area contributed by atoms with Crippen LogP contribution in [-0.2, 0) is 7.05 Å². The fourth-order valence-electron chi connectivity index (χ4n) is 2.99. The molecule has 0 spiro atoms. The lowest BCUT2D eigenvalue weighted by Gasteiger charge is -2.03. The maximum atomic E-state index is 2.20. The van der Waals surface area contributed by atoms with Crippen molar-refractivity contribution in [3.8, 4) is 16.8 Å². The minimum absolute atomic E-state index is 1.04. The van der Waals surface area contributed by atoms with Gasteiger partial charge in [0.15, 0.2) is 24.8 Å². The molecule has 0 unspecified atom stereocenters. The summed E-state index contributed by atoms with van der Waals surface area (Å²) < 4.78 is 4.20. The Morgan fingerprint density at radius 1 is 0.708 bits per heavy atom. The molecule has 0 bridgehead atoms. The van der Waals surface area contributed by atoms with Crippen LogP contribution in [-0.4, -0.2) is 0 Å². The molecule has 4 rings (SSSR count). The molecular formula is C22H20N2+2. The molecule has 24 heavy (non-hydrogen) atoms. The highest BCUT2D eigenvalue weighted by Gasteiger charge is 2.09. The molecule has 0 atom stereocenters. The molecule has 2 nitrogen and oxygen atoms in total. The molecule has 0 saturated heterocycles. The van der Waals surface area contributed by atoms with E-state index in [0.717, 1.165) is 6.42 Å². The minimum atomic E-state index is 1.04. The molecule has 2 heteroatoms. The van der Waals surface area contributed by atoms with E-state index in [2.05, 4.69) is 96.1 Å². The summed E-state index contributed by atoms with van der Waals surface area (Å²) in [5.41, 5.74) is 6.33. The smallest absolute Gasteiger partial charge is 0.208 e. The molecular weight excluding hydrogens is 292 g/mol. The second-order valence-corrected chi connectivity index (χ2v) is 6.12. The highest BCUT2D eigenvalue weighted by molar-refractivity contribution is 5.71. The topological polar surface area (TPSA) is 7.76 Å². The van der Waals surface area contributed by atoms with E-state index in [1.165, 1.54) is 28.0 Å². The van der Waals surface area contributed by atoms with Gasteiger partial charge in [0, 0.05) is 36.4 Å². The third-order valence-electron chi connectivity index (χ3n) is 4.45. The molecule has 0 saturated carbocycles. The zero-order valence-electron chi connectivity index (χ0n) is 13.8. The van der Waals surface area contributed by atoms with Crippen molar-refractivity contribution in [1.29, 1.82) is 0 Å². The SMILES string of the molecule is C[n+]1ccc(-c2cc[n+](-c3ccc(C4=CC=CC4)cc3)cc2)cc1. The van der Waals surface area contributed by atoms with E-state index >= 15 is 0 Å². The van der Waals surface area contributed by atoms with Crippen molar-refractivity contribution in [2.24, 2.45) is 7.05 Å². The predicted molar refractivity (Wildman–Crippen MR) is 96.3 cm³/mol. The number of allylic oxidation sites excluding steroid dienone is 4. The Hall–Kier alpha value is -3.00. The summed E-state index contributed by atoms with van der Waals surface area (Å²) in [6, 6.07) is 17.3. The van der Waals surface area contributed by atoms with Crippen LogP contribution in [0.25, 0.3) is 22.4 Å². The normalized spacial score (nSPS) is 13.1. The summed E-state index contributed by atoms with van der Waals surface area (Å²) in [5.74, 6) is 0. The average Bonchev–Trinajstić information content (AvgIpc) is 3.17. The molecule has 1 aliphatic carbocycles. The molecule has 1 aromatic carbocycles. The number of pyridine rings is 2. The Labute approximate surface area is 142 Å². The molecule has 3 aromatic rings. The number of rotatable bonds is 3. The van der Waals surface area contributed by atoms with E-state index in [9.17, 15) is 0 Å². The van der Waals surface area contributed by atoms with Crippen LogP contribution in [0.4, 0.5) is 0 Å². The number of hydrogen-bond acceptors (Lipinski definition) is 0. The number of aryl methyl sites for hydroxylation is 1. The van der Waals surface area contributed by atoms with Gasteiger partial charge in [-0.3, -0.25) is 0 Å². The summed E-state index contributed by atoms with van der Waals surface area (Å²) in [6.07, 6.45) is 15.9. The molecule has 1 aliphatic rings. The third-order valence-corrected chi connectivity index (χ3v) is 4.45. The first kappa shape index (κ1) is 14.6. The molecule has 0 fully saturated rings. The minimum Gasteiger partial charge on any atom is -0.208 e. The molecule has 0 aliphatic heterocycles. The van der Waals surface area contributed by atoms with Crippen LogP contribution in [0.5, 0.6) is 0 Å². The van der Waals surface area contributed by atoms with Gasteiger partial charge in [0.25, 0.3) is 0 Å².